The number of carbonyl (C=O) groups is 1. The smallest absolute Gasteiger partial charge is 0.163 e. The predicted molar refractivity (Wildman–Crippen MR) is 68.8 cm³/mol. The first-order valence-corrected chi connectivity index (χ1v) is 6.35. The fourth-order valence-electron chi connectivity index (χ4n) is 2.62. The van der Waals surface area contributed by atoms with Gasteiger partial charge < -0.3 is 4.74 Å². The van der Waals surface area contributed by atoms with E-state index in [1.807, 2.05) is 6.07 Å². The van der Waals surface area contributed by atoms with Crippen LogP contribution in [-0.2, 0) is 12.8 Å². The Morgan fingerprint density at radius 2 is 2.06 bits per heavy atom. The number of benzene rings is 1. The predicted octanol–water partition coefficient (Wildman–Crippen LogP) is 3.41. The van der Waals surface area contributed by atoms with Crippen molar-refractivity contribution < 1.29 is 9.53 Å². The largest absolute Gasteiger partial charge is 0.496 e. The molecular formula is C15H20O2. The lowest BCUT2D eigenvalue weighted by molar-refractivity contribution is 0.0970. The first kappa shape index (κ1) is 12.2. The van der Waals surface area contributed by atoms with Crippen molar-refractivity contribution in [1.82, 2.24) is 0 Å². The van der Waals surface area contributed by atoms with Crippen molar-refractivity contribution in [3.63, 3.8) is 0 Å². The molecular weight excluding hydrogens is 212 g/mol. The SMILES string of the molecule is COc1ccc(CC(C)C)c2c1CCCC2=O. The quantitative estimate of drug-likeness (QED) is 0.798. The van der Waals surface area contributed by atoms with E-state index in [9.17, 15) is 4.79 Å². The van der Waals surface area contributed by atoms with Gasteiger partial charge in [0.25, 0.3) is 0 Å². The van der Waals surface area contributed by atoms with Gasteiger partial charge in [-0.2, -0.15) is 0 Å². The molecule has 0 fully saturated rings. The Morgan fingerprint density at radius 1 is 1.29 bits per heavy atom. The lowest BCUT2D eigenvalue weighted by Gasteiger charge is -2.21. The molecule has 0 saturated heterocycles. The Hall–Kier alpha value is -1.31. The van der Waals surface area contributed by atoms with Crippen molar-refractivity contribution >= 4 is 5.78 Å². The first-order chi connectivity index (χ1) is 8.13. The van der Waals surface area contributed by atoms with E-state index in [2.05, 4.69) is 19.9 Å². The number of hydrogen-bond donors (Lipinski definition) is 0. The molecule has 0 unspecified atom stereocenters. The van der Waals surface area contributed by atoms with Crippen LogP contribution in [0.5, 0.6) is 5.75 Å². The summed E-state index contributed by atoms with van der Waals surface area (Å²) in [4.78, 5) is 12.1. The van der Waals surface area contributed by atoms with Gasteiger partial charge in [0.2, 0.25) is 0 Å². The van der Waals surface area contributed by atoms with E-state index in [0.717, 1.165) is 36.1 Å². The van der Waals surface area contributed by atoms with Crippen molar-refractivity contribution in [2.75, 3.05) is 7.11 Å². The summed E-state index contributed by atoms with van der Waals surface area (Å²) in [6.07, 6.45) is 3.58. The molecule has 0 spiro atoms. The number of methoxy groups -OCH3 is 1. The summed E-state index contributed by atoms with van der Waals surface area (Å²) in [5, 5.41) is 0. The van der Waals surface area contributed by atoms with Crippen LogP contribution >= 0.6 is 0 Å². The number of fused-ring (bicyclic) bond motifs is 1. The van der Waals surface area contributed by atoms with Crippen LogP contribution in [0.4, 0.5) is 0 Å². The molecule has 0 aromatic heterocycles. The summed E-state index contributed by atoms with van der Waals surface area (Å²) >= 11 is 0. The topological polar surface area (TPSA) is 26.3 Å². The third-order valence-corrected chi connectivity index (χ3v) is 3.31. The van der Waals surface area contributed by atoms with E-state index in [1.165, 1.54) is 5.56 Å². The van der Waals surface area contributed by atoms with Crippen LogP contribution < -0.4 is 4.74 Å². The van der Waals surface area contributed by atoms with Gasteiger partial charge >= 0.3 is 0 Å². The highest BCUT2D eigenvalue weighted by molar-refractivity contribution is 6.00. The minimum Gasteiger partial charge on any atom is -0.496 e. The molecule has 17 heavy (non-hydrogen) atoms. The van der Waals surface area contributed by atoms with Crippen molar-refractivity contribution in [3.8, 4) is 5.75 Å². The van der Waals surface area contributed by atoms with Crippen LogP contribution in [0, 0.1) is 5.92 Å². The minimum absolute atomic E-state index is 0.292. The fourth-order valence-corrected chi connectivity index (χ4v) is 2.62. The zero-order valence-corrected chi connectivity index (χ0v) is 10.9. The summed E-state index contributed by atoms with van der Waals surface area (Å²) in [7, 11) is 1.68. The van der Waals surface area contributed by atoms with Gasteiger partial charge in [-0.1, -0.05) is 19.9 Å². The van der Waals surface area contributed by atoms with Crippen LogP contribution in [-0.4, -0.2) is 12.9 Å². The molecule has 0 saturated carbocycles. The second-order valence-corrected chi connectivity index (χ2v) is 5.16. The Labute approximate surface area is 103 Å². The van der Waals surface area contributed by atoms with Crippen LogP contribution in [0.2, 0.25) is 0 Å². The van der Waals surface area contributed by atoms with Crippen molar-refractivity contribution in [2.45, 2.75) is 39.5 Å². The van der Waals surface area contributed by atoms with E-state index in [1.54, 1.807) is 7.11 Å². The molecule has 0 atom stereocenters. The summed E-state index contributed by atoms with van der Waals surface area (Å²) < 4.78 is 5.37. The third kappa shape index (κ3) is 2.36. The van der Waals surface area contributed by atoms with Crippen LogP contribution in [0.25, 0.3) is 0 Å². The van der Waals surface area contributed by atoms with Crippen molar-refractivity contribution in [1.29, 1.82) is 0 Å². The number of carbonyl (C=O) groups excluding carboxylic acids is 1. The number of ketones is 1. The maximum Gasteiger partial charge on any atom is 0.163 e. The van der Waals surface area contributed by atoms with E-state index in [4.69, 9.17) is 4.74 Å². The van der Waals surface area contributed by atoms with Gasteiger partial charge in [-0.25, -0.2) is 0 Å². The fraction of sp³-hybridized carbons (Fsp3) is 0.533. The molecule has 1 aromatic carbocycles. The average Bonchev–Trinajstić information content (AvgIpc) is 2.28. The number of rotatable bonds is 3. The highest BCUT2D eigenvalue weighted by atomic mass is 16.5. The van der Waals surface area contributed by atoms with E-state index in [0.29, 0.717) is 18.1 Å². The molecule has 2 heteroatoms. The molecule has 1 aromatic rings. The zero-order valence-electron chi connectivity index (χ0n) is 10.9. The maximum atomic E-state index is 12.1. The van der Waals surface area contributed by atoms with Gasteiger partial charge in [0.05, 0.1) is 7.11 Å². The number of Topliss-reactive ketones (excluding diaryl/α,β-unsaturated/α-hetero) is 1. The molecule has 92 valence electrons. The molecule has 2 rings (SSSR count). The Balaban J connectivity index is 2.51. The lowest BCUT2D eigenvalue weighted by atomic mass is 9.84. The molecule has 0 aliphatic heterocycles. The van der Waals surface area contributed by atoms with E-state index >= 15 is 0 Å². The lowest BCUT2D eigenvalue weighted by Crippen LogP contribution is -2.16. The zero-order chi connectivity index (χ0) is 12.4. The van der Waals surface area contributed by atoms with Crippen molar-refractivity contribution in [2.24, 2.45) is 5.92 Å². The average molecular weight is 232 g/mol. The van der Waals surface area contributed by atoms with Crippen molar-refractivity contribution in [3.05, 3.63) is 28.8 Å². The molecule has 0 N–H and O–H groups in total. The minimum atomic E-state index is 0.292. The summed E-state index contributed by atoms with van der Waals surface area (Å²) in [5.41, 5.74) is 3.27. The molecule has 1 aliphatic rings. The van der Waals surface area contributed by atoms with Gasteiger partial charge in [0.1, 0.15) is 5.75 Å². The van der Waals surface area contributed by atoms with Gasteiger partial charge in [-0.3, -0.25) is 4.79 Å². The Kier molecular flexibility index (Phi) is 3.51. The molecule has 0 heterocycles. The molecule has 0 radical (unpaired) electrons. The van der Waals surface area contributed by atoms with E-state index < -0.39 is 0 Å². The Bertz CT molecular complexity index is 433. The number of ether oxygens (including phenoxy) is 1. The van der Waals surface area contributed by atoms with Gasteiger partial charge in [-0.15, -0.1) is 0 Å². The number of hydrogen-bond acceptors (Lipinski definition) is 2. The summed E-state index contributed by atoms with van der Waals surface area (Å²) in [5.74, 6) is 1.74. The van der Waals surface area contributed by atoms with Gasteiger partial charge in [0, 0.05) is 17.5 Å². The molecule has 2 nitrogen and oxygen atoms in total. The summed E-state index contributed by atoms with van der Waals surface area (Å²) in [6, 6.07) is 4.07. The third-order valence-electron chi connectivity index (χ3n) is 3.31. The normalized spacial score (nSPS) is 14.9. The summed E-state index contributed by atoms with van der Waals surface area (Å²) in [6.45, 7) is 4.37. The second kappa shape index (κ2) is 4.91. The van der Waals surface area contributed by atoms with Crippen LogP contribution in [0.15, 0.2) is 12.1 Å². The van der Waals surface area contributed by atoms with Gasteiger partial charge in [-0.05, 0) is 36.8 Å². The molecule has 0 amide bonds. The highest BCUT2D eigenvalue weighted by Crippen LogP contribution is 2.33. The second-order valence-electron chi connectivity index (χ2n) is 5.16. The first-order valence-electron chi connectivity index (χ1n) is 6.35. The molecule has 1 aliphatic carbocycles. The van der Waals surface area contributed by atoms with Gasteiger partial charge in [0.15, 0.2) is 5.78 Å². The van der Waals surface area contributed by atoms with Crippen LogP contribution in [0.1, 0.15) is 48.2 Å². The standard InChI is InChI=1S/C15H20O2/c1-10(2)9-11-7-8-14(17-3)12-5-4-6-13(16)15(11)12/h7-8,10H,4-6,9H2,1-3H3. The monoisotopic (exact) mass is 232 g/mol. The highest BCUT2D eigenvalue weighted by Gasteiger charge is 2.23. The maximum absolute atomic E-state index is 12.1. The molecule has 0 bridgehead atoms. The van der Waals surface area contributed by atoms with E-state index in [-0.39, 0.29) is 0 Å². The Morgan fingerprint density at radius 3 is 2.71 bits per heavy atom. The van der Waals surface area contributed by atoms with Crippen LogP contribution in [0.3, 0.4) is 0 Å².